The fraction of sp³-hybridized carbons (Fsp3) is 0.417. The lowest BCUT2D eigenvalue weighted by Gasteiger charge is -2.40. The van der Waals surface area contributed by atoms with Crippen LogP contribution in [-0.2, 0) is 11.3 Å². The summed E-state index contributed by atoms with van der Waals surface area (Å²) in [7, 11) is 1.59. The molecular weight excluding hydrogens is 406 g/mol. The van der Waals surface area contributed by atoms with Gasteiger partial charge in [-0.05, 0) is 38.0 Å². The van der Waals surface area contributed by atoms with Gasteiger partial charge in [0.05, 0.1) is 7.11 Å². The highest BCUT2D eigenvalue weighted by molar-refractivity contribution is 6.01. The number of ether oxygens (including phenoxy) is 1. The fourth-order valence-corrected chi connectivity index (χ4v) is 4.10. The first-order valence-electron chi connectivity index (χ1n) is 10.8. The first kappa shape index (κ1) is 21.8. The van der Waals surface area contributed by atoms with Crippen LogP contribution in [0.15, 0.2) is 36.7 Å². The van der Waals surface area contributed by atoms with Gasteiger partial charge in [-0.15, -0.1) is 0 Å². The van der Waals surface area contributed by atoms with Crippen molar-refractivity contribution in [3.8, 4) is 17.0 Å². The molecule has 8 heteroatoms. The number of carbonyl (C=O) groups is 2. The van der Waals surface area contributed by atoms with Gasteiger partial charge in [0.25, 0.3) is 5.91 Å². The standard InChI is InChI=1S/C24H29N5O3/c1-15(2)13-28-14-18(16-6-9-20(32-5)26-12-16)17-7-8-19(27-21(17)28)22(30)29-11-10-25-23(31)24(29,3)4/h6-9,12,14-15H,10-11,13H2,1-5H3,(H,25,31). The van der Waals surface area contributed by atoms with Crippen LogP contribution in [-0.4, -0.2) is 57.0 Å². The van der Waals surface area contributed by atoms with Crippen LogP contribution >= 0.6 is 0 Å². The largest absolute Gasteiger partial charge is 0.481 e. The van der Waals surface area contributed by atoms with Crippen molar-refractivity contribution in [2.75, 3.05) is 20.2 Å². The molecule has 1 saturated heterocycles. The van der Waals surface area contributed by atoms with Crippen molar-refractivity contribution in [2.24, 2.45) is 5.92 Å². The second kappa shape index (κ2) is 8.26. The molecule has 4 heterocycles. The van der Waals surface area contributed by atoms with Crippen LogP contribution < -0.4 is 10.1 Å². The Labute approximate surface area is 187 Å². The second-order valence-corrected chi connectivity index (χ2v) is 9.02. The molecule has 0 atom stereocenters. The zero-order valence-corrected chi connectivity index (χ0v) is 19.2. The maximum Gasteiger partial charge on any atom is 0.273 e. The molecule has 0 aliphatic carbocycles. The maximum atomic E-state index is 13.3. The van der Waals surface area contributed by atoms with E-state index in [-0.39, 0.29) is 11.8 Å². The monoisotopic (exact) mass is 435 g/mol. The molecule has 0 unspecified atom stereocenters. The SMILES string of the molecule is COc1ccc(-c2cn(CC(C)C)c3nc(C(=O)N4CCNC(=O)C4(C)C)ccc23)cn1. The van der Waals surface area contributed by atoms with Crippen molar-refractivity contribution < 1.29 is 14.3 Å². The Morgan fingerprint density at radius 1 is 1.25 bits per heavy atom. The summed E-state index contributed by atoms with van der Waals surface area (Å²) in [4.78, 5) is 36.3. The zero-order chi connectivity index (χ0) is 23.0. The summed E-state index contributed by atoms with van der Waals surface area (Å²) in [6.45, 7) is 9.46. The van der Waals surface area contributed by atoms with Gasteiger partial charge in [0, 0.05) is 54.6 Å². The van der Waals surface area contributed by atoms with Gasteiger partial charge >= 0.3 is 0 Å². The summed E-state index contributed by atoms with van der Waals surface area (Å²) in [5.41, 5.74) is 2.11. The number of aromatic nitrogens is 3. The fourth-order valence-electron chi connectivity index (χ4n) is 4.10. The van der Waals surface area contributed by atoms with Crippen LogP contribution in [0.25, 0.3) is 22.2 Å². The summed E-state index contributed by atoms with van der Waals surface area (Å²) >= 11 is 0. The lowest BCUT2D eigenvalue weighted by molar-refractivity contribution is -0.133. The Bertz CT molecular complexity index is 1160. The van der Waals surface area contributed by atoms with E-state index in [1.807, 2.05) is 18.2 Å². The highest BCUT2D eigenvalue weighted by Crippen LogP contribution is 2.31. The number of rotatable bonds is 5. The lowest BCUT2D eigenvalue weighted by atomic mass is 9.98. The third-order valence-electron chi connectivity index (χ3n) is 5.86. The summed E-state index contributed by atoms with van der Waals surface area (Å²) in [5.74, 6) is 0.560. The molecule has 0 saturated carbocycles. The molecule has 32 heavy (non-hydrogen) atoms. The van der Waals surface area contributed by atoms with Gasteiger partial charge in [-0.25, -0.2) is 9.97 Å². The van der Waals surface area contributed by atoms with Gasteiger partial charge in [-0.3, -0.25) is 9.59 Å². The molecule has 1 aliphatic heterocycles. The minimum Gasteiger partial charge on any atom is -0.481 e. The Morgan fingerprint density at radius 2 is 2.03 bits per heavy atom. The van der Waals surface area contributed by atoms with Crippen molar-refractivity contribution in [3.63, 3.8) is 0 Å². The van der Waals surface area contributed by atoms with Crippen molar-refractivity contribution >= 4 is 22.8 Å². The molecule has 8 nitrogen and oxygen atoms in total. The quantitative estimate of drug-likeness (QED) is 0.665. The number of amides is 2. The van der Waals surface area contributed by atoms with E-state index >= 15 is 0 Å². The molecule has 3 aromatic heterocycles. The first-order chi connectivity index (χ1) is 15.2. The van der Waals surface area contributed by atoms with E-state index < -0.39 is 5.54 Å². The van der Waals surface area contributed by atoms with Crippen LogP contribution in [0.2, 0.25) is 0 Å². The van der Waals surface area contributed by atoms with Crippen molar-refractivity contribution in [2.45, 2.75) is 39.8 Å². The summed E-state index contributed by atoms with van der Waals surface area (Å²) in [6, 6.07) is 7.47. The van der Waals surface area contributed by atoms with Gasteiger partial charge < -0.3 is 19.5 Å². The van der Waals surface area contributed by atoms with Crippen LogP contribution in [0.1, 0.15) is 38.2 Å². The van der Waals surface area contributed by atoms with Gasteiger partial charge in [-0.2, -0.15) is 0 Å². The molecule has 2 amide bonds. The van der Waals surface area contributed by atoms with Crippen molar-refractivity contribution in [3.05, 3.63) is 42.4 Å². The predicted octanol–water partition coefficient (Wildman–Crippen LogP) is 3.11. The maximum absolute atomic E-state index is 13.3. The van der Waals surface area contributed by atoms with E-state index in [4.69, 9.17) is 9.72 Å². The van der Waals surface area contributed by atoms with E-state index in [2.05, 4.69) is 34.9 Å². The molecule has 1 N–H and O–H groups in total. The first-order valence-corrected chi connectivity index (χ1v) is 10.8. The highest BCUT2D eigenvalue weighted by atomic mass is 16.5. The number of carbonyl (C=O) groups excluding carboxylic acids is 2. The van der Waals surface area contributed by atoms with Crippen LogP contribution in [0.4, 0.5) is 0 Å². The van der Waals surface area contributed by atoms with E-state index in [1.54, 1.807) is 38.1 Å². The number of nitrogens with zero attached hydrogens (tertiary/aromatic N) is 4. The van der Waals surface area contributed by atoms with E-state index in [0.29, 0.717) is 30.6 Å². The third-order valence-corrected chi connectivity index (χ3v) is 5.86. The molecule has 1 aliphatic rings. The minimum absolute atomic E-state index is 0.157. The lowest BCUT2D eigenvalue weighted by Crippen LogP contribution is -2.63. The number of methoxy groups -OCH3 is 1. The Balaban J connectivity index is 1.78. The van der Waals surface area contributed by atoms with Crippen molar-refractivity contribution in [1.82, 2.24) is 24.8 Å². The van der Waals surface area contributed by atoms with Crippen LogP contribution in [0.5, 0.6) is 5.88 Å². The zero-order valence-electron chi connectivity index (χ0n) is 19.2. The van der Waals surface area contributed by atoms with E-state index in [0.717, 1.165) is 28.7 Å². The molecule has 0 aromatic carbocycles. The molecule has 0 radical (unpaired) electrons. The molecule has 168 valence electrons. The minimum atomic E-state index is -0.925. The van der Waals surface area contributed by atoms with E-state index in [9.17, 15) is 9.59 Å². The predicted molar refractivity (Wildman–Crippen MR) is 122 cm³/mol. The highest BCUT2D eigenvalue weighted by Gasteiger charge is 2.41. The number of fused-ring (bicyclic) bond motifs is 1. The Hall–Kier alpha value is -3.42. The number of nitrogens with one attached hydrogen (secondary N) is 1. The number of hydrogen-bond donors (Lipinski definition) is 1. The summed E-state index contributed by atoms with van der Waals surface area (Å²) in [6.07, 6.45) is 3.84. The van der Waals surface area contributed by atoms with Gasteiger partial charge in [-0.1, -0.05) is 13.8 Å². The molecule has 3 aromatic rings. The van der Waals surface area contributed by atoms with Gasteiger partial charge in [0.15, 0.2) is 0 Å². The van der Waals surface area contributed by atoms with Gasteiger partial charge in [0.1, 0.15) is 16.9 Å². The Kier molecular flexibility index (Phi) is 5.62. The molecular formula is C24H29N5O3. The normalized spacial score (nSPS) is 15.8. The topological polar surface area (TPSA) is 89.4 Å². The van der Waals surface area contributed by atoms with Crippen LogP contribution in [0, 0.1) is 5.92 Å². The average Bonchev–Trinajstić information content (AvgIpc) is 3.12. The molecule has 1 fully saturated rings. The smallest absolute Gasteiger partial charge is 0.273 e. The van der Waals surface area contributed by atoms with Crippen LogP contribution in [0.3, 0.4) is 0 Å². The number of piperazine rings is 1. The summed E-state index contributed by atoms with van der Waals surface area (Å²) in [5, 5.41) is 3.78. The average molecular weight is 436 g/mol. The molecule has 4 rings (SSSR count). The Morgan fingerprint density at radius 3 is 2.69 bits per heavy atom. The number of pyridine rings is 2. The third kappa shape index (κ3) is 3.81. The molecule has 0 bridgehead atoms. The van der Waals surface area contributed by atoms with Crippen molar-refractivity contribution in [1.29, 1.82) is 0 Å². The number of hydrogen-bond acceptors (Lipinski definition) is 5. The molecule has 0 spiro atoms. The summed E-state index contributed by atoms with van der Waals surface area (Å²) < 4.78 is 7.26. The van der Waals surface area contributed by atoms with E-state index in [1.165, 1.54) is 0 Å². The second-order valence-electron chi connectivity index (χ2n) is 9.02. The van der Waals surface area contributed by atoms with Gasteiger partial charge in [0.2, 0.25) is 11.8 Å².